The van der Waals surface area contributed by atoms with Crippen LogP contribution in [-0.2, 0) is 10.2 Å². The zero-order valence-electron chi connectivity index (χ0n) is 15.6. The number of hydrogen-bond donors (Lipinski definition) is 1. The number of benzene rings is 1. The quantitative estimate of drug-likeness (QED) is 0.596. The summed E-state index contributed by atoms with van der Waals surface area (Å²) in [5.41, 5.74) is 3.42. The number of nitrogens with one attached hydrogen (secondary N) is 1. The van der Waals surface area contributed by atoms with E-state index in [4.69, 9.17) is 0 Å². The maximum atomic E-state index is 12.9. The first-order chi connectivity index (χ1) is 11.3. The second kappa shape index (κ2) is 6.38. The van der Waals surface area contributed by atoms with Gasteiger partial charge in [-0.2, -0.15) is 0 Å². The SMILES string of the molecule is CC1(C)N/C(=C\C(=O)C2CCCCCC2)c2ccccc2C1(C)C. The molecule has 1 aliphatic carbocycles. The Balaban J connectivity index is 1.96. The Morgan fingerprint density at radius 1 is 1.04 bits per heavy atom. The Labute approximate surface area is 146 Å². The topological polar surface area (TPSA) is 29.1 Å². The fourth-order valence-electron chi connectivity index (χ4n) is 4.10. The summed E-state index contributed by atoms with van der Waals surface area (Å²) >= 11 is 0. The Morgan fingerprint density at radius 2 is 1.67 bits per heavy atom. The number of carbonyl (C=O) groups excluding carboxylic acids is 1. The molecule has 0 radical (unpaired) electrons. The summed E-state index contributed by atoms with van der Waals surface area (Å²) < 4.78 is 0. The molecule has 3 rings (SSSR count). The van der Waals surface area contributed by atoms with Gasteiger partial charge >= 0.3 is 0 Å². The molecule has 2 nitrogen and oxygen atoms in total. The number of rotatable bonds is 2. The standard InChI is InChI=1S/C22H31NO/c1-21(2)18-14-10-9-13-17(18)19(23-22(21,3)4)15-20(24)16-11-7-5-6-8-12-16/h9-10,13-16,23H,5-8,11-12H2,1-4H3/b19-15-. The van der Waals surface area contributed by atoms with Crippen molar-refractivity contribution >= 4 is 11.5 Å². The maximum absolute atomic E-state index is 12.9. The van der Waals surface area contributed by atoms with Gasteiger partial charge in [0.05, 0.1) is 0 Å². The van der Waals surface area contributed by atoms with Crippen LogP contribution >= 0.6 is 0 Å². The number of allylic oxidation sites excluding steroid dienone is 1. The largest absolute Gasteiger partial charge is 0.379 e. The van der Waals surface area contributed by atoms with Gasteiger partial charge in [-0.05, 0) is 32.3 Å². The highest BCUT2D eigenvalue weighted by Gasteiger charge is 2.44. The molecule has 2 aliphatic rings. The molecule has 1 aromatic carbocycles. The van der Waals surface area contributed by atoms with Crippen molar-refractivity contribution in [2.45, 2.75) is 77.2 Å². The molecule has 1 aromatic rings. The Morgan fingerprint density at radius 3 is 2.33 bits per heavy atom. The fourth-order valence-corrected chi connectivity index (χ4v) is 4.10. The first-order valence-corrected chi connectivity index (χ1v) is 9.46. The molecule has 1 N–H and O–H groups in total. The minimum atomic E-state index is -0.100. The highest BCUT2D eigenvalue weighted by molar-refractivity contribution is 5.98. The summed E-state index contributed by atoms with van der Waals surface area (Å²) in [5.74, 6) is 0.525. The summed E-state index contributed by atoms with van der Waals surface area (Å²) in [5, 5.41) is 3.67. The first kappa shape index (κ1) is 17.3. The van der Waals surface area contributed by atoms with Crippen molar-refractivity contribution in [2.75, 3.05) is 0 Å². The molecule has 1 heterocycles. The lowest BCUT2D eigenvalue weighted by Crippen LogP contribution is -2.56. The van der Waals surface area contributed by atoms with Gasteiger partial charge in [0.25, 0.3) is 0 Å². The predicted molar refractivity (Wildman–Crippen MR) is 101 cm³/mol. The van der Waals surface area contributed by atoms with Crippen LogP contribution in [0.5, 0.6) is 0 Å². The number of carbonyl (C=O) groups is 1. The van der Waals surface area contributed by atoms with Gasteiger partial charge in [-0.15, -0.1) is 0 Å². The van der Waals surface area contributed by atoms with E-state index in [-0.39, 0.29) is 16.9 Å². The van der Waals surface area contributed by atoms with Gasteiger partial charge in [0.2, 0.25) is 0 Å². The lowest BCUT2D eigenvalue weighted by Gasteiger charge is -2.49. The van der Waals surface area contributed by atoms with Gasteiger partial charge in [0, 0.05) is 34.2 Å². The van der Waals surface area contributed by atoms with E-state index in [9.17, 15) is 4.79 Å². The second-order valence-electron chi connectivity index (χ2n) is 8.57. The van der Waals surface area contributed by atoms with Crippen molar-refractivity contribution < 1.29 is 4.79 Å². The van der Waals surface area contributed by atoms with E-state index >= 15 is 0 Å². The van der Waals surface area contributed by atoms with Gasteiger partial charge in [-0.25, -0.2) is 0 Å². The Hall–Kier alpha value is -1.57. The number of hydrogen-bond acceptors (Lipinski definition) is 2. The molecule has 130 valence electrons. The average molecular weight is 325 g/mol. The molecule has 2 heteroatoms. The third kappa shape index (κ3) is 3.03. The summed E-state index contributed by atoms with van der Waals surface area (Å²) in [6.45, 7) is 9.02. The van der Waals surface area contributed by atoms with Crippen molar-refractivity contribution in [3.8, 4) is 0 Å². The maximum Gasteiger partial charge on any atom is 0.160 e. The third-order valence-corrected chi connectivity index (χ3v) is 6.44. The molecule has 24 heavy (non-hydrogen) atoms. The predicted octanol–water partition coefficient (Wildman–Crippen LogP) is 5.23. The monoisotopic (exact) mass is 325 g/mol. The smallest absolute Gasteiger partial charge is 0.160 e. The van der Waals surface area contributed by atoms with Crippen LogP contribution in [-0.4, -0.2) is 11.3 Å². The Kier molecular flexibility index (Phi) is 4.59. The van der Waals surface area contributed by atoms with Crippen molar-refractivity contribution in [3.05, 3.63) is 41.5 Å². The van der Waals surface area contributed by atoms with E-state index in [1.165, 1.54) is 36.8 Å². The van der Waals surface area contributed by atoms with E-state index in [0.29, 0.717) is 5.78 Å². The molecule has 0 unspecified atom stereocenters. The van der Waals surface area contributed by atoms with Crippen molar-refractivity contribution in [2.24, 2.45) is 5.92 Å². The Bertz CT molecular complexity index is 646. The normalized spacial score (nSPS) is 24.8. The van der Waals surface area contributed by atoms with Gasteiger partial charge in [0.1, 0.15) is 0 Å². The molecular weight excluding hydrogens is 294 g/mol. The molecule has 0 amide bonds. The lowest BCUT2D eigenvalue weighted by molar-refractivity contribution is -0.118. The third-order valence-electron chi connectivity index (χ3n) is 6.44. The molecule has 1 aliphatic heterocycles. The highest BCUT2D eigenvalue weighted by atomic mass is 16.1. The van der Waals surface area contributed by atoms with Crippen LogP contribution in [0.1, 0.15) is 77.3 Å². The van der Waals surface area contributed by atoms with Crippen LogP contribution in [0.4, 0.5) is 0 Å². The van der Waals surface area contributed by atoms with Crippen LogP contribution in [0, 0.1) is 5.92 Å². The van der Waals surface area contributed by atoms with E-state index in [0.717, 1.165) is 18.5 Å². The number of ketones is 1. The van der Waals surface area contributed by atoms with Gasteiger partial charge in [-0.1, -0.05) is 63.8 Å². The van der Waals surface area contributed by atoms with Crippen LogP contribution in [0.15, 0.2) is 30.3 Å². The van der Waals surface area contributed by atoms with E-state index in [2.05, 4.69) is 57.3 Å². The molecule has 0 bridgehead atoms. The minimum absolute atomic E-state index is 0.00625. The summed E-state index contributed by atoms with van der Waals surface area (Å²) in [7, 11) is 0. The van der Waals surface area contributed by atoms with Crippen LogP contribution in [0.2, 0.25) is 0 Å². The van der Waals surface area contributed by atoms with Gasteiger partial charge in [0.15, 0.2) is 5.78 Å². The van der Waals surface area contributed by atoms with Crippen LogP contribution < -0.4 is 5.32 Å². The van der Waals surface area contributed by atoms with Crippen LogP contribution in [0.25, 0.3) is 5.70 Å². The van der Waals surface area contributed by atoms with Gasteiger partial charge < -0.3 is 5.32 Å². The average Bonchev–Trinajstić information content (AvgIpc) is 2.82. The molecular formula is C22H31NO. The molecule has 0 spiro atoms. The lowest BCUT2D eigenvalue weighted by atomic mass is 9.65. The molecule has 1 fully saturated rings. The van der Waals surface area contributed by atoms with E-state index in [1.807, 2.05) is 6.08 Å². The van der Waals surface area contributed by atoms with Crippen molar-refractivity contribution in [1.29, 1.82) is 0 Å². The van der Waals surface area contributed by atoms with Gasteiger partial charge in [-0.3, -0.25) is 4.79 Å². The summed E-state index contributed by atoms with van der Waals surface area (Å²) in [4.78, 5) is 12.9. The van der Waals surface area contributed by atoms with E-state index < -0.39 is 0 Å². The fraction of sp³-hybridized carbons (Fsp3) is 0.591. The molecule has 0 atom stereocenters. The van der Waals surface area contributed by atoms with Crippen molar-refractivity contribution in [3.63, 3.8) is 0 Å². The zero-order valence-corrected chi connectivity index (χ0v) is 15.6. The second-order valence-corrected chi connectivity index (χ2v) is 8.57. The summed E-state index contributed by atoms with van der Waals surface area (Å²) in [6.07, 6.45) is 8.96. The molecule has 1 saturated carbocycles. The highest BCUT2D eigenvalue weighted by Crippen LogP contribution is 2.43. The molecule has 0 saturated heterocycles. The number of fused-ring (bicyclic) bond motifs is 1. The van der Waals surface area contributed by atoms with E-state index in [1.54, 1.807) is 0 Å². The van der Waals surface area contributed by atoms with Crippen LogP contribution in [0.3, 0.4) is 0 Å². The molecule has 0 aromatic heterocycles. The van der Waals surface area contributed by atoms with Crippen molar-refractivity contribution in [1.82, 2.24) is 5.32 Å². The first-order valence-electron chi connectivity index (χ1n) is 9.46. The minimum Gasteiger partial charge on any atom is -0.379 e. The summed E-state index contributed by atoms with van der Waals surface area (Å²) in [6, 6.07) is 8.53. The zero-order chi connectivity index (χ0) is 17.4.